The number of carbonyl (C=O) groups is 1. The molecule has 12 heavy (non-hydrogen) atoms. The molecule has 0 aromatic rings. The highest BCUT2D eigenvalue weighted by molar-refractivity contribution is 5.74. The van der Waals surface area contributed by atoms with Crippen LogP contribution in [0.15, 0.2) is 0 Å². The Hall–Kier alpha value is -0.530. The standard InChI is InChI=1S/C10H15O2/c11-9(12)8-4-7-10(8)5-2-1-3-6-10/h4,8H,1-3,5-7H2,(H,11,12). The highest BCUT2D eigenvalue weighted by Gasteiger charge is 2.50. The van der Waals surface area contributed by atoms with Crippen molar-refractivity contribution < 1.29 is 9.90 Å². The maximum atomic E-state index is 10.8. The van der Waals surface area contributed by atoms with Gasteiger partial charge in [-0.15, -0.1) is 0 Å². The van der Waals surface area contributed by atoms with Gasteiger partial charge in [0.25, 0.3) is 0 Å². The summed E-state index contributed by atoms with van der Waals surface area (Å²) in [6.45, 7) is 0. The molecule has 0 bridgehead atoms. The molecule has 2 aliphatic rings. The molecule has 0 heterocycles. The summed E-state index contributed by atoms with van der Waals surface area (Å²) in [7, 11) is 0. The average Bonchev–Trinajstić information content (AvgIpc) is 2.03. The van der Waals surface area contributed by atoms with Crippen LogP contribution in [0.4, 0.5) is 0 Å². The van der Waals surface area contributed by atoms with Crippen LogP contribution in [0.1, 0.15) is 38.5 Å². The molecule has 2 fully saturated rings. The van der Waals surface area contributed by atoms with Crippen LogP contribution in [0.3, 0.4) is 0 Å². The fourth-order valence-corrected chi connectivity index (χ4v) is 2.70. The number of carboxylic acids is 1. The van der Waals surface area contributed by atoms with E-state index in [1.54, 1.807) is 0 Å². The lowest BCUT2D eigenvalue weighted by Gasteiger charge is -2.49. The quantitative estimate of drug-likeness (QED) is 0.650. The first kappa shape index (κ1) is 8.09. The van der Waals surface area contributed by atoms with Crippen molar-refractivity contribution in [1.82, 2.24) is 0 Å². The lowest BCUT2D eigenvalue weighted by atomic mass is 9.54. The van der Waals surface area contributed by atoms with E-state index < -0.39 is 5.97 Å². The zero-order chi connectivity index (χ0) is 8.60. The monoisotopic (exact) mass is 167 g/mol. The number of aliphatic carboxylic acids is 1. The largest absolute Gasteiger partial charge is 0.481 e. The van der Waals surface area contributed by atoms with Gasteiger partial charge in [-0.05, 0) is 31.1 Å². The number of hydrogen-bond acceptors (Lipinski definition) is 1. The molecule has 1 N–H and O–H groups in total. The molecule has 1 atom stereocenters. The molecule has 0 aromatic carbocycles. The molecule has 2 rings (SSSR count). The summed E-state index contributed by atoms with van der Waals surface area (Å²) < 4.78 is 0. The van der Waals surface area contributed by atoms with Crippen LogP contribution < -0.4 is 0 Å². The molecule has 0 aliphatic heterocycles. The minimum atomic E-state index is -0.608. The van der Waals surface area contributed by atoms with E-state index in [1.807, 2.05) is 6.42 Å². The van der Waals surface area contributed by atoms with Crippen LogP contribution in [0.5, 0.6) is 0 Å². The smallest absolute Gasteiger partial charge is 0.307 e. The topological polar surface area (TPSA) is 37.3 Å². The van der Waals surface area contributed by atoms with Gasteiger partial charge in [-0.1, -0.05) is 19.3 Å². The first-order valence-corrected chi connectivity index (χ1v) is 4.81. The lowest BCUT2D eigenvalue weighted by molar-refractivity contribution is -0.150. The van der Waals surface area contributed by atoms with E-state index >= 15 is 0 Å². The molecule has 0 amide bonds. The predicted molar refractivity (Wildman–Crippen MR) is 45.6 cm³/mol. The maximum absolute atomic E-state index is 10.8. The lowest BCUT2D eigenvalue weighted by Crippen LogP contribution is -2.46. The van der Waals surface area contributed by atoms with Crippen LogP contribution >= 0.6 is 0 Å². The molecule has 67 valence electrons. The van der Waals surface area contributed by atoms with Crippen LogP contribution in [0, 0.1) is 17.8 Å². The van der Waals surface area contributed by atoms with Gasteiger partial charge in [-0.25, -0.2) is 0 Å². The summed E-state index contributed by atoms with van der Waals surface area (Å²) in [6.07, 6.45) is 9.06. The molecule has 2 aliphatic carbocycles. The van der Waals surface area contributed by atoms with Crippen molar-refractivity contribution in [2.45, 2.75) is 38.5 Å². The van der Waals surface area contributed by atoms with Crippen molar-refractivity contribution in [3.8, 4) is 0 Å². The second kappa shape index (κ2) is 2.75. The third kappa shape index (κ3) is 1.05. The number of hydrogen-bond donors (Lipinski definition) is 1. The van der Waals surface area contributed by atoms with E-state index in [9.17, 15) is 4.79 Å². The maximum Gasteiger partial charge on any atom is 0.307 e. The third-order valence-corrected chi connectivity index (χ3v) is 3.54. The van der Waals surface area contributed by atoms with Crippen molar-refractivity contribution in [3.63, 3.8) is 0 Å². The Labute approximate surface area is 73.0 Å². The first-order chi connectivity index (χ1) is 5.75. The molecule has 0 saturated heterocycles. The molecule has 2 saturated carbocycles. The van der Waals surface area contributed by atoms with Crippen molar-refractivity contribution in [1.29, 1.82) is 0 Å². The van der Waals surface area contributed by atoms with Gasteiger partial charge >= 0.3 is 5.97 Å². The molecule has 1 spiro atoms. The Morgan fingerprint density at radius 1 is 1.33 bits per heavy atom. The Morgan fingerprint density at radius 3 is 2.42 bits per heavy atom. The van der Waals surface area contributed by atoms with E-state index in [0.717, 1.165) is 19.3 Å². The van der Waals surface area contributed by atoms with Crippen molar-refractivity contribution in [3.05, 3.63) is 6.42 Å². The molecule has 1 unspecified atom stereocenters. The van der Waals surface area contributed by atoms with Crippen LogP contribution in [0.2, 0.25) is 0 Å². The molecule has 1 radical (unpaired) electrons. The summed E-state index contributed by atoms with van der Waals surface area (Å²) in [5.74, 6) is -0.735. The van der Waals surface area contributed by atoms with Gasteiger partial charge in [0, 0.05) is 0 Å². The first-order valence-electron chi connectivity index (χ1n) is 4.81. The number of carboxylic acid groups (broad SMARTS) is 1. The average molecular weight is 167 g/mol. The van der Waals surface area contributed by atoms with Gasteiger partial charge in [-0.3, -0.25) is 4.79 Å². The van der Waals surface area contributed by atoms with Gasteiger partial charge in [0.15, 0.2) is 0 Å². The highest BCUT2D eigenvalue weighted by Crippen LogP contribution is 2.55. The summed E-state index contributed by atoms with van der Waals surface area (Å²) in [5, 5.41) is 8.92. The third-order valence-electron chi connectivity index (χ3n) is 3.54. The SMILES string of the molecule is O=C(O)C1[CH]CC12CCCCC2. The Morgan fingerprint density at radius 2 is 2.00 bits per heavy atom. The van der Waals surface area contributed by atoms with Gasteiger partial charge in [0.05, 0.1) is 5.92 Å². The zero-order valence-electron chi connectivity index (χ0n) is 7.25. The Bertz CT molecular complexity index is 192. The van der Waals surface area contributed by atoms with Gasteiger partial charge in [-0.2, -0.15) is 0 Å². The van der Waals surface area contributed by atoms with Crippen molar-refractivity contribution in [2.24, 2.45) is 11.3 Å². The molecule has 2 nitrogen and oxygen atoms in total. The van der Waals surface area contributed by atoms with E-state index in [4.69, 9.17) is 5.11 Å². The minimum Gasteiger partial charge on any atom is -0.481 e. The van der Waals surface area contributed by atoms with Crippen LogP contribution in [0.25, 0.3) is 0 Å². The van der Waals surface area contributed by atoms with Gasteiger partial charge < -0.3 is 5.11 Å². The molecular weight excluding hydrogens is 152 g/mol. The molecule has 0 aromatic heterocycles. The predicted octanol–water partition coefficient (Wildman–Crippen LogP) is 2.25. The van der Waals surface area contributed by atoms with Crippen LogP contribution in [-0.2, 0) is 4.79 Å². The fourth-order valence-electron chi connectivity index (χ4n) is 2.70. The van der Waals surface area contributed by atoms with E-state index in [1.165, 1.54) is 19.3 Å². The van der Waals surface area contributed by atoms with Gasteiger partial charge in [0.1, 0.15) is 0 Å². The normalized spacial score (nSPS) is 32.8. The number of rotatable bonds is 1. The summed E-state index contributed by atoms with van der Waals surface area (Å²) in [6, 6.07) is 0. The summed E-state index contributed by atoms with van der Waals surface area (Å²) in [4.78, 5) is 10.8. The minimum absolute atomic E-state index is 0.127. The molecular formula is C10H15O2. The molecule has 2 heteroatoms. The second-order valence-electron chi connectivity index (χ2n) is 4.18. The zero-order valence-corrected chi connectivity index (χ0v) is 7.25. The Balaban J connectivity index is 2.05. The fraction of sp³-hybridized carbons (Fsp3) is 0.800. The summed E-state index contributed by atoms with van der Waals surface area (Å²) >= 11 is 0. The van der Waals surface area contributed by atoms with Crippen molar-refractivity contribution in [2.75, 3.05) is 0 Å². The highest BCUT2D eigenvalue weighted by atomic mass is 16.4. The second-order valence-corrected chi connectivity index (χ2v) is 4.18. The van der Waals surface area contributed by atoms with Crippen molar-refractivity contribution >= 4 is 5.97 Å². The van der Waals surface area contributed by atoms with Crippen LogP contribution in [-0.4, -0.2) is 11.1 Å². The van der Waals surface area contributed by atoms with E-state index in [2.05, 4.69) is 0 Å². The van der Waals surface area contributed by atoms with Gasteiger partial charge in [0.2, 0.25) is 0 Å². The van der Waals surface area contributed by atoms with E-state index in [-0.39, 0.29) is 11.3 Å². The Kier molecular flexibility index (Phi) is 1.85. The summed E-state index contributed by atoms with van der Waals surface area (Å²) in [5.41, 5.74) is 0.185. The van der Waals surface area contributed by atoms with E-state index in [0.29, 0.717) is 0 Å².